The number of nitrogens with zero attached hydrogens (tertiary/aromatic N) is 2. The average Bonchev–Trinajstić information content (AvgIpc) is 2.94. The molecular formula is C14H25N3O2. The summed E-state index contributed by atoms with van der Waals surface area (Å²) in [6.07, 6.45) is 6.75. The lowest BCUT2D eigenvalue weighted by Gasteiger charge is -2.28. The van der Waals surface area contributed by atoms with Crippen molar-refractivity contribution in [3.63, 3.8) is 0 Å². The van der Waals surface area contributed by atoms with Gasteiger partial charge in [-0.25, -0.2) is 0 Å². The molecule has 2 rings (SSSR count). The zero-order valence-electron chi connectivity index (χ0n) is 12.2. The molecule has 19 heavy (non-hydrogen) atoms. The molecule has 1 heterocycles. The van der Waals surface area contributed by atoms with E-state index in [2.05, 4.69) is 22.4 Å². The van der Waals surface area contributed by atoms with E-state index in [4.69, 9.17) is 9.26 Å². The molecule has 5 heteroatoms. The maximum Gasteiger partial charge on any atom is 0.231 e. The molecule has 1 saturated carbocycles. The largest absolute Gasteiger partial charge is 0.373 e. The van der Waals surface area contributed by atoms with E-state index in [0.29, 0.717) is 17.8 Å². The molecule has 5 nitrogen and oxygen atoms in total. The zero-order chi connectivity index (χ0) is 13.7. The first-order valence-electron chi connectivity index (χ1n) is 7.33. The van der Waals surface area contributed by atoms with Crippen molar-refractivity contribution in [3.8, 4) is 0 Å². The number of nitrogens with one attached hydrogen (secondary N) is 1. The molecule has 3 unspecified atom stereocenters. The van der Waals surface area contributed by atoms with Gasteiger partial charge in [-0.15, -0.1) is 0 Å². The fraction of sp³-hybridized carbons (Fsp3) is 0.857. The van der Waals surface area contributed by atoms with Gasteiger partial charge in [-0.3, -0.25) is 0 Å². The van der Waals surface area contributed by atoms with Crippen LogP contribution in [0.4, 0.5) is 0 Å². The van der Waals surface area contributed by atoms with Crippen molar-refractivity contribution in [2.75, 3.05) is 14.2 Å². The molecule has 1 aromatic heterocycles. The number of ether oxygens (including phenoxy) is 1. The molecule has 3 atom stereocenters. The van der Waals surface area contributed by atoms with Crippen LogP contribution in [0.15, 0.2) is 4.52 Å². The highest BCUT2D eigenvalue weighted by Gasteiger charge is 2.30. The van der Waals surface area contributed by atoms with E-state index in [9.17, 15) is 0 Å². The lowest BCUT2D eigenvalue weighted by Crippen LogP contribution is -2.34. The molecule has 0 saturated heterocycles. The summed E-state index contributed by atoms with van der Waals surface area (Å²) in [5.41, 5.74) is 0. The van der Waals surface area contributed by atoms with E-state index in [1.165, 1.54) is 19.3 Å². The van der Waals surface area contributed by atoms with Gasteiger partial charge < -0.3 is 14.6 Å². The number of aromatic nitrogens is 2. The lowest BCUT2D eigenvalue weighted by atomic mass is 9.84. The molecule has 0 bridgehead atoms. The summed E-state index contributed by atoms with van der Waals surface area (Å²) in [6.45, 7) is 2.13. The SMILES string of the molecule is CCCC(OC)c1noc(C2CCCCC2NC)n1. The van der Waals surface area contributed by atoms with Crippen LogP contribution in [0.3, 0.4) is 0 Å². The van der Waals surface area contributed by atoms with Crippen molar-refractivity contribution in [1.82, 2.24) is 15.5 Å². The topological polar surface area (TPSA) is 60.2 Å². The van der Waals surface area contributed by atoms with Gasteiger partial charge in [0, 0.05) is 13.2 Å². The predicted octanol–water partition coefficient (Wildman–Crippen LogP) is 2.80. The fourth-order valence-electron chi connectivity index (χ4n) is 2.92. The highest BCUT2D eigenvalue weighted by atomic mass is 16.5. The molecule has 0 amide bonds. The minimum absolute atomic E-state index is 0.0425. The zero-order valence-corrected chi connectivity index (χ0v) is 12.2. The molecule has 1 fully saturated rings. The van der Waals surface area contributed by atoms with E-state index in [0.717, 1.165) is 25.2 Å². The highest BCUT2D eigenvalue weighted by Crippen LogP contribution is 2.33. The number of rotatable bonds is 6. The second kappa shape index (κ2) is 7.01. The molecule has 1 aliphatic carbocycles. The normalized spacial score (nSPS) is 25.4. The van der Waals surface area contributed by atoms with E-state index < -0.39 is 0 Å². The van der Waals surface area contributed by atoms with Crippen LogP contribution in [-0.4, -0.2) is 30.3 Å². The van der Waals surface area contributed by atoms with Gasteiger partial charge in [0.1, 0.15) is 6.10 Å². The van der Waals surface area contributed by atoms with Crippen molar-refractivity contribution in [2.45, 2.75) is 63.5 Å². The monoisotopic (exact) mass is 267 g/mol. The molecule has 108 valence electrons. The number of hydrogen-bond acceptors (Lipinski definition) is 5. The molecule has 1 N–H and O–H groups in total. The van der Waals surface area contributed by atoms with Gasteiger partial charge in [0.15, 0.2) is 0 Å². The molecule has 0 spiro atoms. The fourth-order valence-corrected chi connectivity index (χ4v) is 2.92. The molecule has 0 aliphatic heterocycles. The number of hydrogen-bond donors (Lipinski definition) is 1. The highest BCUT2D eigenvalue weighted by molar-refractivity contribution is 5.02. The van der Waals surface area contributed by atoms with Crippen molar-refractivity contribution >= 4 is 0 Å². The Morgan fingerprint density at radius 3 is 2.89 bits per heavy atom. The summed E-state index contributed by atoms with van der Waals surface area (Å²) >= 11 is 0. The van der Waals surface area contributed by atoms with Gasteiger partial charge >= 0.3 is 0 Å². The summed E-state index contributed by atoms with van der Waals surface area (Å²) in [5.74, 6) is 1.81. The quantitative estimate of drug-likeness (QED) is 0.858. The maximum atomic E-state index is 5.48. The summed E-state index contributed by atoms with van der Waals surface area (Å²) in [4.78, 5) is 4.58. The van der Waals surface area contributed by atoms with E-state index >= 15 is 0 Å². The second-order valence-corrected chi connectivity index (χ2v) is 5.29. The Balaban J connectivity index is 2.10. The van der Waals surface area contributed by atoms with Gasteiger partial charge in [-0.05, 0) is 26.3 Å². The van der Waals surface area contributed by atoms with Crippen LogP contribution >= 0.6 is 0 Å². The van der Waals surface area contributed by atoms with Crippen LogP contribution in [0.5, 0.6) is 0 Å². The minimum atomic E-state index is -0.0425. The molecule has 0 radical (unpaired) electrons. The Morgan fingerprint density at radius 2 is 2.21 bits per heavy atom. The van der Waals surface area contributed by atoms with Gasteiger partial charge in [-0.2, -0.15) is 4.98 Å². The predicted molar refractivity (Wildman–Crippen MR) is 73.0 cm³/mol. The smallest absolute Gasteiger partial charge is 0.231 e. The standard InChI is InChI=1S/C14H25N3O2/c1-4-7-12(18-3)13-16-14(19-17-13)10-8-5-6-9-11(10)15-2/h10-12,15H,4-9H2,1-3H3. The summed E-state index contributed by atoms with van der Waals surface area (Å²) in [5, 5.41) is 7.48. The Hall–Kier alpha value is -0.940. The third kappa shape index (κ3) is 3.34. The lowest BCUT2D eigenvalue weighted by molar-refractivity contribution is 0.0854. The molecule has 1 aromatic rings. The Bertz CT molecular complexity index is 381. The van der Waals surface area contributed by atoms with Crippen molar-refractivity contribution in [2.24, 2.45) is 0 Å². The van der Waals surface area contributed by atoms with E-state index in [1.807, 2.05) is 7.05 Å². The van der Waals surface area contributed by atoms with Crippen LogP contribution in [0, 0.1) is 0 Å². The van der Waals surface area contributed by atoms with Crippen LogP contribution in [0.2, 0.25) is 0 Å². The first kappa shape index (κ1) is 14.5. The first-order chi connectivity index (χ1) is 9.30. The van der Waals surface area contributed by atoms with Crippen molar-refractivity contribution in [3.05, 3.63) is 11.7 Å². The Labute approximate surface area is 115 Å². The van der Waals surface area contributed by atoms with Crippen LogP contribution in [-0.2, 0) is 4.74 Å². The summed E-state index contributed by atoms with van der Waals surface area (Å²) in [6, 6.07) is 0.453. The summed E-state index contributed by atoms with van der Waals surface area (Å²) < 4.78 is 10.9. The van der Waals surface area contributed by atoms with Crippen LogP contribution < -0.4 is 5.32 Å². The summed E-state index contributed by atoms with van der Waals surface area (Å²) in [7, 11) is 3.71. The minimum Gasteiger partial charge on any atom is -0.373 e. The third-order valence-electron chi connectivity index (χ3n) is 4.03. The van der Waals surface area contributed by atoms with Crippen LogP contribution in [0.25, 0.3) is 0 Å². The van der Waals surface area contributed by atoms with Gasteiger partial charge in [0.25, 0.3) is 0 Å². The van der Waals surface area contributed by atoms with Gasteiger partial charge in [-0.1, -0.05) is 31.3 Å². The van der Waals surface area contributed by atoms with E-state index in [1.54, 1.807) is 7.11 Å². The molecule has 0 aromatic carbocycles. The maximum absolute atomic E-state index is 5.48. The molecular weight excluding hydrogens is 242 g/mol. The van der Waals surface area contributed by atoms with Gasteiger partial charge in [0.2, 0.25) is 11.7 Å². The number of likely N-dealkylation sites (N-methyl/N-ethyl adjacent to an activating group) is 1. The Kier molecular flexibility index (Phi) is 5.34. The second-order valence-electron chi connectivity index (χ2n) is 5.29. The number of methoxy groups -OCH3 is 1. The van der Waals surface area contributed by atoms with Crippen LogP contribution in [0.1, 0.15) is 69.2 Å². The molecule has 1 aliphatic rings. The van der Waals surface area contributed by atoms with E-state index in [-0.39, 0.29) is 6.10 Å². The Morgan fingerprint density at radius 1 is 1.42 bits per heavy atom. The third-order valence-corrected chi connectivity index (χ3v) is 4.03. The van der Waals surface area contributed by atoms with Crippen molar-refractivity contribution < 1.29 is 9.26 Å². The van der Waals surface area contributed by atoms with Gasteiger partial charge in [0.05, 0.1) is 5.92 Å². The van der Waals surface area contributed by atoms with Crippen molar-refractivity contribution in [1.29, 1.82) is 0 Å². The average molecular weight is 267 g/mol. The first-order valence-corrected chi connectivity index (χ1v) is 7.33.